The first-order chi connectivity index (χ1) is 13.7. The summed E-state index contributed by atoms with van der Waals surface area (Å²) in [6.07, 6.45) is -4.27. The molecule has 158 valence electrons. The zero-order chi connectivity index (χ0) is 21.2. The van der Waals surface area contributed by atoms with Crippen molar-refractivity contribution < 1.29 is 17.9 Å². The number of nitrogens with two attached hydrogens (primary N) is 1. The van der Waals surface area contributed by atoms with Crippen molar-refractivity contribution in [2.24, 2.45) is 5.73 Å². The van der Waals surface area contributed by atoms with Gasteiger partial charge in [-0.2, -0.15) is 9.36 Å². The molecule has 0 spiro atoms. The summed E-state index contributed by atoms with van der Waals surface area (Å²) < 4.78 is 46.7. The van der Waals surface area contributed by atoms with Crippen molar-refractivity contribution in [2.75, 3.05) is 11.9 Å². The highest BCUT2D eigenvalue weighted by Crippen LogP contribution is 2.32. The summed E-state index contributed by atoms with van der Waals surface area (Å²) in [5.74, 6) is 0.524. The standard InChI is InChI=1S/C16H17BrClF3N6OS/c1-8-11(6-9(22)2-4-28-16(19,20)21)13(17)27-12(8)14(24-15(18)25-27)23-7-10-3-5-29-26-10/h3,5,9H,2,4,6-7,22H2,1H3,(H,23,24,25)/t9-/m0/s1. The van der Waals surface area contributed by atoms with Crippen LogP contribution in [0.2, 0.25) is 5.28 Å². The zero-order valence-corrected chi connectivity index (χ0v) is 18.3. The van der Waals surface area contributed by atoms with E-state index < -0.39 is 19.0 Å². The fraction of sp³-hybridized carbons (Fsp3) is 0.438. The average Bonchev–Trinajstić information content (AvgIpc) is 3.22. The summed E-state index contributed by atoms with van der Waals surface area (Å²) in [7, 11) is 0. The molecule has 0 saturated heterocycles. The van der Waals surface area contributed by atoms with Gasteiger partial charge in [0.2, 0.25) is 5.28 Å². The second kappa shape index (κ2) is 9.13. The van der Waals surface area contributed by atoms with Crippen LogP contribution in [-0.2, 0) is 17.7 Å². The number of nitrogens with zero attached hydrogens (tertiary/aromatic N) is 4. The molecule has 29 heavy (non-hydrogen) atoms. The van der Waals surface area contributed by atoms with E-state index in [2.05, 4.69) is 40.4 Å². The lowest BCUT2D eigenvalue weighted by molar-refractivity contribution is -0.324. The van der Waals surface area contributed by atoms with Gasteiger partial charge in [-0.05, 0) is 76.0 Å². The lowest BCUT2D eigenvalue weighted by atomic mass is 10.0. The molecule has 0 aliphatic carbocycles. The lowest BCUT2D eigenvalue weighted by Gasteiger charge is -2.13. The Morgan fingerprint density at radius 3 is 2.86 bits per heavy atom. The van der Waals surface area contributed by atoms with Gasteiger partial charge >= 0.3 is 6.36 Å². The van der Waals surface area contributed by atoms with E-state index >= 15 is 0 Å². The van der Waals surface area contributed by atoms with Crippen LogP contribution >= 0.6 is 39.1 Å². The molecule has 0 amide bonds. The molecule has 0 bridgehead atoms. The topological polar surface area (TPSA) is 90.4 Å². The third kappa shape index (κ3) is 5.57. The maximum Gasteiger partial charge on any atom is 0.522 e. The summed E-state index contributed by atoms with van der Waals surface area (Å²) in [6.45, 7) is 1.83. The number of halogens is 5. The number of ether oxygens (including phenoxy) is 1. The highest BCUT2D eigenvalue weighted by molar-refractivity contribution is 9.10. The summed E-state index contributed by atoms with van der Waals surface area (Å²) >= 11 is 10.9. The van der Waals surface area contributed by atoms with Gasteiger partial charge in [0.05, 0.1) is 18.8 Å². The number of alkyl halides is 3. The first kappa shape index (κ1) is 22.2. The molecule has 0 aromatic carbocycles. The van der Waals surface area contributed by atoms with Crippen LogP contribution in [0.15, 0.2) is 16.0 Å². The van der Waals surface area contributed by atoms with E-state index in [4.69, 9.17) is 17.3 Å². The summed E-state index contributed by atoms with van der Waals surface area (Å²) in [6, 6.07) is 1.37. The van der Waals surface area contributed by atoms with Gasteiger partial charge < -0.3 is 11.1 Å². The Morgan fingerprint density at radius 2 is 2.21 bits per heavy atom. The Balaban J connectivity index is 1.82. The lowest BCUT2D eigenvalue weighted by Crippen LogP contribution is -2.26. The molecule has 13 heteroatoms. The average molecular weight is 514 g/mol. The molecule has 7 nitrogen and oxygen atoms in total. The third-order valence-electron chi connectivity index (χ3n) is 4.21. The van der Waals surface area contributed by atoms with Gasteiger partial charge in [0, 0.05) is 11.4 Å². The molecule has 0 aliphatic rings. The van der Waals surface area contributed by atoms with Gasteiger partial charge in [0.25, 0.3) is 0 Å². The first-order valence-corrected chi connectivity index (χ1v) is 10.5. The van der Waals surface area contributed by atoms with E-state index in [-0.39, 0.29) is 11.7 Å². The molecular weight excluding hydrogens is 497 g/mol. The van der Waals surface area contributed by atoms with E-state index in [1.807, 2.05) is 18.4 Å². The highest BCUT2D eigenvalue weighted by Gasteiger charge is 2.29. The number of fused-ring (bicyclic) bond motifs is 1. The van der Waals surface area contributed by atoms with Crippen molar-refractivity contribution in [3.63, 3.8) is 0 Å². The number of aryl methyl sites for hydroxylation is 1. The molecule has 3 heterocycles. The molecule has 1 atom stereocenters. The van der Waals surface area contributed by atoms with Crippen LogP contribution in [0.1, 0.15) is 23.2 Å². The second-order valence-electron chi connectivity index (χ2n) is 6.28. The molecule has 3 N–H and O–H groups in total. The number of hydrogen-bond donors (Lipinski definition) is 2. The molecule has 0 fully saturated rings. The van der Waals surface area contributed by atoms with Crippen LogP contribution in [0.5, 0.6) is 0 Å². The van der Waals surface area contributed by atoms with Gasteiger partial charge in [-0.25, -0.2) is 4.52 Å². The smallest absolute Gasteiger partial charge is 0.362 e. The minimum atomic E-state index is -4.66. The van der Waals surface area contributed by atoms with Crippen molar-refractivity contribution in [2.45, 2.75) is 38.7 Å². The van der Waals surface area contributed by atoms with Crippen LogP contribution < -0.4 is 11.1 Å². The van der Waals surface area contributed by atoms with Crippen LogP contribution in [-0.4, -0.2) is 38.0 Å². The summed E-state index contributed by atoms with van der Waals surface area (Å²) in [4.78, 5) is 4.27. The number of hydrogen-bond acceptors (Lipinski definition) is 7. The fourth-order valence-electron chi connectivity index (χ4n) is 2.86. The van der Waals surface area contributed by atoms with E-state index in [9.17, 15) is 13.2 Å². The van der Waals surface area contributed by atoms with Crippen molar-refractivity contribution >= 4 is 50.4 Å². The monoisotopic (exact) mass is 512 g/mol. The largest absolute Gasteiger partial charge is 0.522 e. The molecule has 0 unspecified atom stereocenters. The van der Waals surface area contributed by atoms with Crippen molar-refractivity contribution in [3.05, 3.63) is 38.2 Å². The van der Waals surface area contributed by atoms with Crippen LogP contribution in [0.4, 0.5) is 19.0 Å². The minimum absolute atomic E-state index is 0.0448. The van der Waals surface area contributed by atoms with Gasteiger partial charge in [-0.15, -0.1) is 18.3 Å². The van der Waals surface area contributed by atoms with Crippen LogP contribution in [0, 0.1) is 6.92 Å². The molecular formula is C16H17BrClF3N6OS. The molecule has 0 aliphatic heterocycles. The first-order valence-electron chi connectivity index (χ1n) is 8.48. The van der Waals surface area contributed by atoms with E-state index in [0.29, 0.717) is 28.9 Å². The van der Waals surface area contributed by atoms with Gasteiger partial charge in [0.15, 0.2) is 5.82 Å². The van der Waals surface area contributed by atoms with Crippen molar-refractivity contribution in [1.82, 2.24) is 19.0 Å². The predicted molar refractivity (Wildman–Crippen MR) is 108 cm³/mol. The quantitative estimate of drug-likeness (QED) is 0.466. The SMILES string of the molecule is Cc1c(C[C@@H](N)CCOC(F)(F)F)c(Br)n2nc(Cl)nc(NCc3ccsn3)c12. The summed E-state index contributed by atoms with van der Waals surface area (Å²) in [5, 5.41) is 9.35. The minimum Gasteiger partial charge on any atom is -0.362 e. The number of aromatic nitrogens is 4. The predicted octanol–water partition coefficient (Wildman–Crippen LogP) is 4.32. The molecule has 3 rings (SSSR count). The van der Waals surface area contributed by atoms with Crippen LogP contribution in [0.3, 0.4) is 0 Å². The number of anilines is 1. The number of nitrogens with one attached hydrogen (secondary N) is 1. The Morgan fingerprint density at radius 1 is 1.45 bits per heavy atom. The molecule has 0 radical (unpaired) electrons. The molecule has 3 aromatic rings. The second-order valence-corrected chi connectivity index (χ2v) is 8.03. The van der Waals surface area contributed by atoms with Crippen molar-refractivity contribution in [1.29, 1.82) is 0 Å². The van der Waals surface area contributed by atoms with Gasteiger partial charge in [-0.3, -0.25) is 4.74 Å². The van der Waals surface area contributed by atoms with E-state index in [0.717, 1.165) is 16.8 Å². The van der Waals surface area contributed by atoms with Gasteiger partial charge in [0.1, 0.15) is 10.1 Å². The van der Waals surface area contributed by atoms with E-state index in [1.54, 1.807) is 4.52 Å². The maximum atomic E-state index is 12.1. The molecule has 0 saturated carbocycles. The maximum absolute atomic E-state index is 12.1. The third-order valence-corrected chi connectivity index (χ3v) is 5.79. The number of rotatable bonds is 8. The Hall–Kier alpha value is -1.47. The highest BCUT2D eigenvalue weighted by atomic mass is 79.9. The zero-order valence-electron chi connectivity index (χ0n) is 15.1. The normalized spacial score (nSPS) is 13.2. The van der Waals surface area contributed by atoms with Gasteiger partial charge in [-0.1, -0.05) is 0 Å². The van der Waals surface area contributed by atoms with E-state index in [1.165, 1.54) is 11.5 Å². The Labute approximate surface area is 181 Å². The van der Waals surface area contributed by atoms with Crippen molar-refractivity contribution in [3.8, 4) is 0 Å². The Kier molecular flexibility index (Phi) is 6.99. The van der Waals surface area contributed by atoms with Crippen LogP contribution in [0.25, 0.3) is 5.52 Å². The molecule has 3 aromatic heterocycles. The summed E-state index contributed by atoms with van der Waals surface area (Å²) in [5.41, 5.74) is 9.25. The Bertz CT molecular complexity index is 982. The fourth-order valence-corrected chi connectivity index (χ4v) is 4.27.